The highest BCUT2D eigenvalue weighted by Gasteiger charge is 2.25. The number of nitro benzene ring substituents is 1. The maximum atomic E-state index is 12.4. The molecule has 1 aromatic carbocycles. The third-order valence-electron chi connectivity index (χ3n) is 3.76. The van der Waals surface area contributed by atoms with E-state index < -0.39 is 4.92 Å². The van der Waals surface area contributed by atoms with Crippen LogP contribution in [0.15, 0.2) is 24.3 Å². The fraction of sp³-hybridized carbons (Fsp3) is 0.471. The van der Waals surface area contributed by atoms with Crippen LogP contribution in [-0.4, -0.2) is 24.0 Å². The van der Waals surface area contributed by atoms with Gasteiger partial charge in [-0.3, -0.25) is 14.9 Å². The molecule has 0 aromatic heterocycles. The minimum atomic E-state index is -0.533. The number of nitrogens with one attached hydrogen (secondary N) is 1. The third-order valence-corrected chi connectivity index (χ3v) is 3.76. The van der Waals surface area contributed by atoms with E-state index in [0.29, 0.717) is 31.1 Å². The molecule has 0 saturated heterocycles. The van der Waals surface area contributed by atoms with Crippen molar-refractivity contribution in [1.29, 1.82) is 0 Å². The van der Waals surface area contributed by atoms with Crippen molar-refractivity contribution in [3.8, 4) is 11.5 Å². The second-order valence-electron chi connectivity index (χ2n) is 5.41. The van der Waals surface area contributed by atoms with Gasteiger partial charge in [-0.05, 0) is 33.1 Å². The zero-order valence-electron chi connectivity index (χ0n) is 13.9. The second kappa shape index (κ2) is 8.33. The molecule has 1 atom stereocenters. The van der Waals surface area contributed by atoms with Crippen molar-refractivity contribution in [1.82, 2.24) is 0 Å². The molecular weight excluding hydrogens is 312 g/mol. The van der Waals surface area contributed by atoms with Crippen LogP contribution in [0, 0.1) is 16.0 Å². The van der Waals surface area contributed by atoms with E-state index in [4.69, 9.17) is 9.47 Å². The molecule has 0 bridgehead atoms. The summed E-state index contributed by atoms with van der Waals surface area (Å²) in [6.07, 6.45) is 6.23. The van der Waals surface area contributed by atoms with Gasteiger partial charge in [0.1, 0.15) is 5.69 Å². The molecule has 2 rings (SSSR count). The molecule has 0 spiro atoms. The van der Waals surface area contributed by atoms with Crippen LogP contribution in [-0.2, 0) is 4.79 Å². The Labute approximate surface area is 140 Å². The predicted molar refractivity (Wildman–Crippen MR) is 90.5 cm³/mol. The Balaban J connectivity index is 2.31. The molecule has 1 aromatic rings. The fourth-order valence-electron chi connectivity index (χ4n) is 2.60. The van der Waals surface area contributed by atoms with Crippen LogP contribution < -0.4 is 14.8 Å². The van der Waals surface area contributed by atoms with Gasteiger partial charge in [0.25, 0.3) is 5.69 Å². The number of benzene rings is 1. The molecule has 0 heterocycles. The van der Waals surface area contributed by atoms with Gasteiger partial charge in [-0.25, -0.2) is 0 Å². The summed E-state index contributed by atoms with van der Waals surface area (Å²) >= 11 is 0. The second-order valence-corrected chi connectivity index (χ2v) is 5.41. The first-order valence-electron chi connectivity index (χ1n) is 8.10. The van der Waals surface area contributed by atoms with Crippen molar-refractivity contribution in [2.24, 2.45) is 5.92 Å². The SMILES string of the molecule is CCOc1cc(NC(=O)C2CC=CCC2)c([N+](=O)[O-])cc1OCC. The van der Waals surface area contributed by atoms with Gasteiger partial charge in [0, 0.05) is 12.0 Å². The molecule has 7 heteroatoms. The lowest BCUT2D eigenvalue weighted by Gasteiger charge is -2.18. The smallest absolute Gasteiger partial charge is 0.296 e. The molecule has 24 heavy (non-hydrogen) atoms. The van der Waals surface area contributed by atoms with E-state index in [2.05, 4.69) is 5.32 Å². The monoisotopic (exact) mass is 334 g/mol. The number of rotatable bonds is 7. The van der Waals surface area contributed by atoms with Gasteiger partial charge in [-0.1, -0.05) is 12.2 Å². The molecule has 1 aliphatic carbocycles. The quantitative estimate of drug-likeness (QED) is 0.466. The summed E-state index contributed by atoms with van der Waals surface area (Å²) in [5.41, 5.74) is -0.0759. The van der Waals surface area contributed by atoms with Crippen molar-refractivity contribution in [3.05, 3.63) is 34.4 Å². The molecule has 7 nitrogen and oxygen atoms in total. The molecular formula is C17H22N2O5. The number of nitro groups is 1. The Morgan fingerprint density at radius 3 is 2.46 bits per heavy atom. The van der Waals surface area contributed by atoms with E-state index in [1.54, 1.807) is 6.92 Å². The molecule has 0 radical (unpaired) electrons. The average molecular weight is 334 g/mol. The van der Waals surface area contributed by atoms with Crippen molar-refractivity contribution >= 4 is 17.3 Å². The Kier molecular flexibility index (Phi) is 6.17. The molecule has 0 fully saturated rings. The number of hydrogen-bond acceptors (Lipinski definition) is 5. The number of hydrogen-bond donors (Lipinski definition) is 1. The Morgan fingerprint density at radius 2 is 1.92 bits per heavy atom. The number of amides is 1. The lowest BCUT2D eigenvalue weighted by Crippen LogP contribution is -2.24. The normalized spacial score (nSPS) is 16.5. The standard InChI is InChI=1S/C17H22N2O5/c1-3-23-15-10-13(14(19(21)22)11-16(15)24-4-2)18-17(20)12-8-6-5-7-9-12/h5-6,10-12H,3-4,7-9H2,1-2H3,(H,18,20). The van der Waals surface area contributed by atoms with E-state index in [1.807, 2.05) is 19.1 Å². The van der Waals surface area contributed by atoms with Crippen molar-refractivity contribution < 1.29 is 19.2 Å². The minimum Gasteiger partial charge on any atom is -0.490 e. The minimum absolute atomic E-state index is 0.131. The summed E-state index contributed by atoms with van der Waals surface area (Å²) in [5, 5.41) is 14.0. The number of nitrogens with zero attached hydrogens (tertiary/aromatic N) is 1. The van der Waals surface area contributed by atoms with Crippen LogP contribution in [0.25, 0.3) is 0 Å². The molecule has 130 valence electrons. The topological polar surface area (TPSA) is 90.7 Å². The van der Waals surface area contributed by atoms with Crippen LogP contribution in [0.4, 0.5) is 11.4 Å². The Hall–Kier alpha value is -2.57. The summed E-state index contributed by atoms with van der Waals surface area (Å²) in [4.78, 5) is 23.2. The van der Waals surface area contributed by atoms with Crippen molar-refractivity contribution in [2.75, 3.05) is 18.5 Å². The Bertz CT molecular complexity index is 642. The maximum absolute atomic E-state index is 12.4. The molecule has 1 N–H and O–H groups in total. The van der Waals surface area contributed by atoms with Gasteiger partial charge in [0.2, 0.25) is 5.91 Å². The fourth-order valence-corrected chi connectivity index (χ4v) is 2.60. The first-order chi connectivity index (χ1) is 11.6. The predicted octanol–water partition coefficient (Wildman–Crippen LogP) is 3.69. The zero-order valence-corrected chi connectivity index (χ0v) is 13.9. The van der Waals surface area contributed by atoms with Crippen LogP contribution in [0.1, 0.15) is 33.1 Å². The van der Waals surface area contributed by atoms with Gasteiger partial charge in [-0.2, -0.15) is 0 Å². The summed E-state index contributed by atoms with van der Waals surface area (Å²) in [5.74, 6) is 0.291. The number of allylic oxidation sites excluding steroid dienone is 2. The van der Waals surface area contributed by atoms with E-state index in [-0.39, 0.29) is 23.2 Å². The highest BCUT2D eigenvalue weighted by molar-refractivity contribution is 5.95. The van der Waals surface area contributed by atoms with Crippen molar-refractivity contribution in [3.63, 3.8) is 0 Å². The van der Waals surface area contributed by atoms with Gasteiger partial charge >= 0.3 is 0 Å². The lowest BCUT2D eigenvalue weighted by molar-refractivity contribution is -0.384. The van der Waals surface area contributed by atoms with Gasteiger partial charge < -0.3 is 14.8 Å². The maximum Gasteiger partial charge on any atom is 0.296 e. The summed E-state index contributed by atoms with van der Waals surface area (Å²) in [6, 6.07) is 2.76. The molecule has 1 unspecified atom stereocenters. The molecule has 0 saturated carbocycles. The number of carbonyl (C=O) groups excluding carboxylic acids is 1. The Morgan fingerprint density at radius 1 is 1.25 bits per heavy atom. The van der Waals surface area contributed by atoms with Crippen LogP contribution in [0.2, 0.25) is 0 Å². The van der Waals surface area contributed by atoms with Crippen LogP contribution >= 0.6 is 0 Å². The summed E-state index contributed by atoms with van der Waals surface area (Å²) in [7, 11) is 0. The van der Waals surface area contributed by atoms with Crippen molar-refractivity contribution in [2.45, 2.75) is 33.1 Å². The average Bonchev–Trinajstić information content (AvgIpc) is 2.58. The molecule has 0 aliphatic heterocycles. The molecule has 1 amide bonds. The largest absolute Gasteiger partial charge is 0.490 e. The third kappa shape index (κ3) is 4.24. The van der Waals surface area contributed by atoms with Gasteiger partial charge in [-0.15, -0.1) is 0 Å². The van der Waals surface area contributed by atoms with Gasteiger partial charge in [0.15, 0.2) is 11.5 Å². The highest BCUT2D eigenvalue weighted by Crippen LogP contribution is 2.38. The van der Waals surface area contributed by atoms with Gasteiger partial charge in [0.05, 0.1) is 24.2 Å². The first kappa shape index (κ1) is 17.8. The van der Waals surface area contributed by atoms with E-state index in [1.165, 1.54) is 12.1 Å². The zero-order chi connectivity index (χ0) is 17.5. The van der Waals surface area contributed by atoms with Crippen LogP contribution in [0.5, 0.6) is 11.5 Å². The number of anilines is 1. The first-order valence-corrected chi connectivity index (χ1v) is 8.10. The summed E-state index contributed by atoms with van der Waals surface area (Å²) in [6.45, 7) is 4.34. The lowest BCUT2D eigenvalue weighted by atomic mass is 9.93. The number of ether oxygens (including phenoxy) is 2. The molecule has 1 aliphatic rings. The van der Waals surface area contributed by atoms with E-state index >= 15 is 0 Å². The van der Waals surface area contributed by atoms with E-state index in [0.717, 1.165) is 12.8 Å². The number of carbonyl (C=O) groups is 1. The highest BCUT2D eigenvalue weighted by atomic mass is 16.6. The van der Waals surface area contributed by atoms with Crippen LogP contribution in [0.3, 0.4) is 0 Å². The summed E-state index contributed by atoms with van der Waals surface area (Å²) < 4.78 is 10.9. The van der Waals surface area contributed by atoms with E-state index in [9.17, 15) is 14.9 Å².